The van der Waals surface area contributed by atoms with Crippen molar-refractivity contribution in [2.45, 2.75) is 37.5 Å². The lowest BCUT2D eigenvalue weighted by Crippen LogP contribution is -2.50. The van der Waals surface area contributed by atoms with Crippen molar-refractivity contribution in [3.05, 3.63) is 48.5 Å². The summed E-state index contributed by atoms with van der Waals surface area (Å²) in [5.74, 6) is 1.57. The van der Waals surface area contributed by atoms with Gasteiger partial charge in [0.1, 0.15) is 6.10 Å². The summed E-state index contributed by atoms with van der Waals surface area (Å²) in [4.78, 5) is 2.13. The van der Waals surface area contributed by atoms with E-state index in [0.717, 1.165) is 35.7 Å². The second kappa shape index (κ2) is 5.30. The van der Waals surface area contributed by atoms with Gasteiger partial charge in [0, 0.05) is 0 Å². The van der Waals surface area contributed by atoms with E-state index in [0.29, 0.717) is 6.42 Å². The highest BCUT2D eigenvalue weighted by atomic mass is 16.5. The lowest BCUT2D eigenvalue weighted by Gasteiger charge is -2.43. The molecule has 2 aromatic carbocycles. The molecule has 0 spiro atoms. The molecular weight excluding hydrogens is 278 g/mol. The third-order valence-electron chi connectivity index (χ3n) is 4.59. The monoisotopic (exact) mass is 297 g/mol. The van der Waals surface area contributed by atoms with Crippen LogP contribution in [0, 0.1) is 0 Å². The van der Waals surface area contributed by atoms with Gasteiger partial charge in [-0.15, -0.1) is 0 Å². The van der Waals surface area contributed by atoms with Crippen LogP contribution in [0.5, 0.6) is 11.5 Å². The van der Waals surface area contributed by atoms with Crippen molar-refractivity contribution in [1.82, 2.24) is 0 Å². The fourth-order valence-electron chi connectivity index (χ4n) is 3.51. The van der Waals surface area contributed by atoms with Gasteiger partial charge in [-0.1, -0.05) is 24.3 Å². The van der Waals surface area contributed by atoms with Gasteiger partial charge in [-0.25, -0.2) is 0 Å². The molecule has 1 aliphatic carbocycles. The largest absolute Gasteiger partial charge is 0.453 e. The fourth-order valence-corrected chi connectivity index (χ4v) is 3.51. The van der Waals surface area contributed by atoms with E-state index in [1.165, 1.54) is 0 Å². The number of hydrogen-bond acceptors (Lipinski definition) is 4. The molecule has 4 nitrogen and oxygen atoms in total. The molecule has 2 N–H and O–H groups in total. The van der Waals surface area contributed by atoms with Crippen LogP contribution in [0.4, 0.5) is 11.4 Å². The summed E-state index contributed by atoms with van der Waals surface area (Å²) in [6.45, 7) is 0. The molecule has 4 rings (SSSR count). The minimum absolute atomic E-state index is 0.144. The Labute approximate surface area is 129 Å². The molecule has 114 valence electrons. The van der Waals surface area contributed by atoms with E-state index in [4.69, 9.17) is 4.74 Å². The van der Waals surface area contributed by atoms with Gasteiger partial charge in [0.2, 0.25) is 0 Å². The molecule has 0 radical (unpaired) electrons. The number of aliphatic hydroxyl groups is 2. The fraction of sp³-hybridized carbons (Fsp3) is 0.333. The van der Waals surface area contributed by atoms with E-state index < -0.39 is 12.2 Å². The second-order valence-corrected chi connectivity index (χ2v) is 5.96. The zero-order valence-electron chi connectivity index (χ0n) is 12.2. The zero-order chi connectivity index (χ0) is 15.1. The third kappa shape index (κ3) is 2.07. The number of fused-ring (bicyclic) bond motifs is 2. The van der Waals surface area contributed by atoms with E-state index >= 15 is 0 Å². The Kier molecular flexibility index (Phi) is 3.28. The molecule has 3 atom stereocenters. The normalized spacial score (nSPS) is 26.8. The molecule has 1 heterocycles. The molecule has 22 heavy (non-hydrogen) atoms. The Morgan fingerprint density at radius 3 is 2.09 bits per heavy atom. The van der Waals surface area contributed by atoms with Crippen LogP contribution < -0.4 is 9.64 Å². The minimum atomic E-state index is -0.757. The molecule has 0 saturated heterocycles. The number of nitrogens with zero attached hydrogens (tertiary/aromatic N) is 1. The van der Waals surface area contributed by atoms with Crippen LogP contribution in [-0.2, 0) is 0 Å². The van der Waals surface area contributed by atoms with Gasteiger partial charge in [0.15, 0.2) is 11.5 Å². The Balaban J connectivity index is 1.84. The van der Waals surface area contributed by atoms with Gasteiger partial charge in [-0.05, 0) is 43.5 Å². The lowest BCUT2D eigenvalue weighted by molar-refractivity contribution is -0.0206. The van der Waals surface area contributed by atoms with Crippen LogP contribution in [-0.4, -0.2) is 28.5 Å². The van der Waals surface area contributed by atoms with Crippen molar-refractivity contribution in [2.24, 2.45) is 0 Å². The van der Waals surface area contributed by atoms with E-state index in [1.807, 2.05) is 48.5 Å². The number of anilines is 2. The van der Waals surface area contributed by atoms with Crippen LogP contribution in [0.1, 0.15) is 19.3 Å². The van der Waals surface area contributed by atoms with Crippen molar-refractivity contribution < 1.29 is 14.9 Å². The molecule has 2 aromatic rings. The molecule has 3 unspecified atom stereocenters. The van der Waals surface area contributed by atoms with E-state index in [9.17, 15) is 10.2 Å². The first-order valence-corrected chi connectivity index (χ1v) is 7.77. The average Bonchev–Trinajstić information content (AvgIpc) is 2.55. The Bertz CT molecular complexity index is 642. The Morgan fingerprint density at radius 2 is 1.45 bits per heavy atom. The molecular formula is C18H19NO3. The number of ether oxygens (including phenoxy) is 1. The summed E-state index contributed by atoms with van der Waals surface area (Å²) in [7, 11) is 0. The van der Waals surface area contributed by atoms with E-state index in [1.54, 1.807) is 0 Å². The SMILES string of the molecule is OC1CCCC(N2c3ccccc3Oc3ccccc32)C1O. The van der Waals surface area contributed by atoms with Crippen molar-refractivity contribution in [3.8, 4) is 11.5 Å². The highest BCUT2D eigenvalue weighted by Crippen LogP contribution is 2.48. The molecule has 2 aliphatic rings. The highest BCUT2D eigenvalue weighted by molar-refractivity contribution is 5.78. The summed E-state index contributed by atoms with van der Waals surface area (Å²) < 4.78 is 5.97. The van der Waals surface area contributed by atoms with Crippen LogP contribution in [0.15, 0.2) is 48.5 Å². The topological polar surface area (TPSA) is 52.9 Å². The number of para-hydroxylation sites is 4. The maximum Gasteiger partial charge on any atom is 0.151 e. The summed E-state index contributed by atoms with van der Waals surface area (Å²) in [6, 6.07) is 15.5. The molecule has 0 aromatic heterocycles. The minimum Gasteiger partial charge on any atom is -0.453 e. The van der Waals surface area contributed by atoms with Gasteiger partial charge < -0.3 is 19.8 Å². The first-order valence-electron chi connectivity index (χ1n) is 7.77. The van der Waals surface area contributed by atoms with Gasteiger partial charge in [0.05, 0.1) is 23.5 Å². The smallest absolute Gasteiger partial charge is 0.151 e. The van der Waals surface area contributed by atoms with Crippen LogP contribution in [0.25, 0.3) is 0 Å². The standard InChI is InChI=1S/C18H19NO3/c20-15-9-5-8-14(18(15)21)19-12-6-1-3-10-16(12)22-17-11-4-2-7-13(17)19/h1-4,6-7,10-11,14-15,18,20-21H,5,8-9H2. The van der Waals surface area contributed by atoms with Gasteiger partial charge in [0.25, 0.3) is 0 Å². The zero-order valence-corrected chi connectivity index (χ0v) is 12.2. The Hall–Kier alpha value is -2.04. The third-order valence-corrected chi connectivity index (χ3v) is 4.59. The number of aliphatic hydroxyl groups excluding tert-OH is 2. The lowest BCUT2D eigenvalue weighted by atomic mass is 9.88. The quantitative estimate of drug-likeness (QED) is 0.848. The van der Waals surface area contributed by atoms with Crippen LogP contribution in [0.2, 0.25) is 0 Å². The van der Waals surface area contributed by atoms with Crippen LogP contribution >= 0.6 is 0 Å². The highest BCUT2D eigenvalue weighted by Gasteiger charge is 2.38. The van der Waals surface area contributed by atoms with Gasteiger partial charge in [-0.3, -0.25) is 0 Å². The maximum atomic E-state index is 10.5. The number of hydrogen-bond donors (Lipinski definition) is 2. The van der Waals surface area contributed by atoms with Gasteiger partial charge in [-0.2, -0.15) is 0 Å². The molecule has 0 amide bonds. The summed E-state index contributed by atoms with van der Waals surface area (Å²) in [6.07, 6.45) is 0.991. The predicted molar refractivity (Wildman–Crippen MR) is 84.7 cm³/mol. The first-order chi connectivity index (χ1) is 10.8. The average molecular weight is 297 g/mol. The van der Waals surface area contributed by atoms with Crippen molar-refractivity contribution in [1.29, 1.82) is 0 Å². The van der Waals surface area contributed by atoms with Crippen LogP contribution in [0.3, 0.4) is 0 Å². The molecule has 4 heteroatoms. The summed E-state index contributed by atoms with van der Waals surface area (Å²) in [5.41, 5.74) is 1.89. The van der Waals surface area contributed by atoms with E-state index in [-0.39, 0.29) is 6.04 Å². The van der Waals surface area contributed by atoms with Crippen molar-refractivity contribution in [3.63, 3.8) is 0 Å². The molecule has 1 aliphatic heterocycles. The Morgan fingerprint density at radius 1 is 0.864 bits per heavy atom. The van der Waals surface area contributed by atoms with E-state index in [2.05, 4.69) is 4.90 Å². The van der Waals surface area contributed by atoms with Gasteiger partial charge >= 0.3 is 0 Å². The number of benzene rings is 2. The van der Waals surface area contributed by atoms with Crippen molar-refractivity contribution in [2.75, 3.05) is 4.90 Å². The maximum absolute atomic E-state index is 10.5. The summed E-state index contributed by atoms with van der Waals surface area (Å²) in [5, 5.41) is 20.6. The molecule has 0 bridgehead atoms. The molecule has 1 saturated carbocycles. The predicted octanol–water partition coefficient (Wildman–Crippen LogP) is 3.20. The second-order valence-electron chi connectivity index (χ2n) is 5.96. The summed E-state index contributed by atoms with van der Waals surface area (Å²) >= 11 is 0. The molecule has 1 fully saturated rings. The van der Waals surface area contributed by atoms with Crippen molar-refractivity contribution >= 4 is 11.4 Å². The number of rotatable bonds is 1. The first kappa shape index (κ1) is 13.6.